The Labute approximate surface area is 243 Å². The van der Waals surface area contributed by atoms with Gasteiger partial charge in [-0.05, 0) is 61.4 Å². The molecular weight excluding hydrogens is 528 g/mol. The second-order valence-electron chi connectivity index (χ2n) is 11.6. The van der Waals surface area contributed by atoms with Gasteiger partial charge in [0.25, 0.3) is 0 Å². The molecule has 2 saturated heterocycles. The van der Waals surface area contributed by atoms with E-state index >= 15 is 0 Å². The van der Waals surface area contributed by atoms with Crippen molar-refractivity contribution in [2.24, 2.45) is 0 Å². The molecule has 0 unspecified atom stereocenters. The summed E-state index contributed by atoms with van der Waals surface area (Å²) in [5.74, 6) is 3.07. The van der Waals surface area contributed by atoms with Crippen LogP contribution in [0.4, 0.5) is 17.6 Å². The highest BCUT2D eigenvalue weighted by molar-refractivity contribution is 5.94. The molecule has 2 atom stereocenters. The number of rotatable bonds is 7. The average molecular weight is 561 g/mol. The van der Waals surface area contributed by atoms with Crippen LogP contribution in [0.1, 0.15) is 42.7 Å². The van der Waals surface area contributed by atoms with E-state index in [4.69, 9.17) is 9.97 Å². The van der Waals surface area contributed by atoms with Crippen LogP contribution in [0.25, 0.3) is 22.3 Å². The predicted octanol–water partition coefficient (Wildman–Crippen LogP) is 3.65. The molecule has 212 valence electrons. The maximum atomic E-state index is 11.5. The Hall–Kier alpha value is -4.48. The van der Waals surface area contributed by atoms with Crippen molar-refractivity contribution in [3.8, 4) is 11.4 Å². The number of fused-ring (bicyclic) bond motifs is 2. The summed E-state index contributed by atoms with van der Waals surface area (Å²) in [6, 6.07) is 14.0. The van der Waals surface area contributed by atoms with Crippen LogP contribution in [0.3, 0.4) is 0 Å². The zero-order valence-electron chi connectivity index (χ0n) is 23.2. The van der Waals surface area contributed by atoms with E-state index in [0.29, 0.717) is 43.0 Å². The number of aromatic nitrogens is 7. The van der Waals surface area contributed by atoms with Crippen LogP contribution in [0, 0.1) is 0 Å². The van der Waals surface area contributed by atoms with Crippen LogP contribution >= 0.6 is 0 Å². The number of nitrogens with zero attached hydrogens (tertiary/aromatic N) is 8. The molecule has 3 N–H and O–H groups in total. The summed E-state index contributed by atoms with van der Waals surface area (Å²) >= 11 is 0. The van der Waals surface area contributed by atoms with Crippen molar-refractivity contribution in [2.75, 3.05) is 29.9 Å². The second kappa shape index (κ2) is 10.1. The summed E-state index contributed by atoms with van der Waals surface area (Å²) in [5.41, 5.74) is 3.27. The number of β-amino-alcohol motifs (C(OH)–C–C–N with tert-alkyl or cyclic N) is 1. The SMILES string of the molecule is O[C@]12CCN(c3nc(-c4ccnc(Nc5ncn(Cc6ccccc6)n5)c4)nc4cncc(C5CC5)c34)[C@H]1CCNC2. The maximum Gasteiger partial charge on any atom is 0.247 e. The standard InChI is InChI=1S/C31H32N10O/c42-31-10-13-41(25(31)9-11-32-18-31)29-27-23(21-6-7-21)15-33-16-24(27)36-28(38-29)22-8-12-34-26(14-22)37-30-35-19-40(39-30)17-20-4-2-1-3-5-20/h1-5,8,12,14-16,19,21,25,32,42H,6-7,9-11,13,17-18H2,(H,34,37,39)/t25-,31-/m0/s1. The molecule has 3 aliphatic rings. The largest absolute Gasteiger partial charge is 0.386 e. The Balaban J connectivity index is 1.14. The highest BCUT2D eigenvalue weighted by Gasteiger charge is 2.48. The molecule has 0 bridgehead atoms. The first-order valence-electron chi connectivity index (χ1n) is 14.7. The minimum absolute atomic E-state index is 0.0108. The quantitative estimate of drug-likeness (QED) is 0.271. The van der Waals surface area contributed by atoms with Crippen molar-refractivity contribution in [2.45, 2.75) is 49.8 Å². The topological polar surface area (TPSA) is 130 Å². The molecule has 11 nitrogen and oxygen atoms in total. The molecule has 2 aliphatic heterocycles. The predicted molar refractivity (Wildman–Crippen MR) is 160 cm³/mol. The Morgan fingerprint density at radius 2 is 1.95 bits per heavy atom. The van der Waals surface area contributed by atoms with Crippen LogP contribution < -0.4 is 15.5 Å². The monoisotopic (exact) mass is 560 g/mol. The zero-order chi connectivity index (χ0) is 28.1. The molecular formula is C31H32N10O. The van der Waals surface area contributed by atoms with E-state index in [2.05, 4.69) is 47.7 Å². The Kier molecular flexibility index (Phi) is 6.08. The van der Waals surface area contributed by atoms with Gasteiger partial charge in [-0.2, -0.15) is 0 Å². The summed E-state index contributed by atoms with van der Waals surface area (Å²) in [6.07, 6.45) is 11.2. The smallest absolute Gasteiger partial charge is 0.247 e. The van der Waals surface area contributed by atoms with Gasteiger partial charge in [0, 0.05) is 36.4 Å². The van der Waals surface area contributed by atoms with Crippen LogP contribution in [-0.2, 0) is 6.54 Å². The van der Waals surface area contributed by atoms with Gasteiger partial charge in [-0.15, -0.1) is 5.10 Å². The molecule has 1 saturated carbocycles. The molecule has 0 radical (unpaired) electrons. The summed E-state index contributed by atoms with van der Waals surface area (Å²) in [7, 11) is 0. The van der Waals surface area contributed by atoms with Gasteiger partial charge in [0.1, 0.15) is 18.0 Å². The molecule has 42 heavy (non-hydrogen) atoms. The fourth-order valence-corrected chi connectivity index (χ4v) is 6.44. The molecule has 0 amide bonds. The van der Waals surface area contributed by atoms with Crippen molar-refractivity contribution in [3.63, 3.8) is 0 Å². The lowest BCUT2D eigenvalue weighted by Crippen LogP contribution is -2.56. The number of aliphatic hydroxyl groups is 1. The summed E-state index contributed by atoms with van der Waals surface area (Å²) in [5, 5.41) is 23.7. The number of anilines is 3. The highest BCUT2D eigenvalue weighted by atomic mass is 16.3. The number of pyridine rings is 2. The normalized spacial score (nSPS) is 21.9. The summed E-state index contributed by atoms with van der Waals surface area (Å²) in [4.78, 5) is 26.0. The van der Waals surface area contributed by atoms with Crippen molar-refractivity contribution in [3.05, 3.63) is 78.5 Å². The average Bonchev–Trinajstić information content (AvgIpc) is 3.68. The molecule has 6 heterocycles. The summed E-state index contributed by atoms with van der Waals surface area (Å²) < 4.78 is 1.79. The fraction of sp³-hybridized carbons (Fsp3) is 0.355. The Morgan fingerprint density at radius 1 is 1.05 bits per heavy atom. The van der Waals surface area contributed by atoms with Crippen molar-refractivity contribution in [1.82, 2.24) is 40.0 Å². The van der Waals surface area contributed by atoms with Crippen molar-refractivity contribution < 1.29 is 5.11 Å². The number of hydrogen-bond acceptors (Lipinski definition) is 10. The van der Waals surface area contributed by atoms with Crippen LogP contribution in [0.2, 0.25) is 0 Å². The Morgan fingerprint density at radius 3 is 2.83 bits per heavy atom. The lowest BCUT2D eigenvalue weighted by atomic mass is 9.89. The van der Waals surface area contributed by atoms with E-state index in [0.717, 1.165) is 60.2 Å². The highest BCUT2D eigenvalue weighted by Crippen LogP contribution is 2.46. The molecule has 5 aromatic rings. The lowest BCUT2D eigenvalue weighted by molar-refractivity contribution is 0.0159. The fourth-order valence-electron chi connectivity index (χ4n) is 6.44. The molecule has 1 aromatic carbocycles. The van der Waals surface area contributed by atoms with E-state index in [-0.39, 0.29) is 6.04 Å². The Bertz CT molecular complexity index is 1750. The van der Waals surface area contributed by atoms with Crippen LogP contribution in [0.15, 0.2) is 67.4 Å². The third-order valence-electron chi connectivity index (χ3n) is 8.70. The van der Waals surface area contributed by atoms with Gasteiger partial charge in [0.05, 0.1) is 29.9 Å². The van der Waals surface area contributed by atoms with Crippen molar-refractivity contribution in [1.29, 1.82) is 0 Å². The molecule has 4 aromatic heterocycles. The maximum absolute atomic E-state index is 11.5. The lowest BCUT2D eigenvalue weighted by Gasteiger charge is -2.39. The first-order chi connectivity index (χ1) is 20.6. The number of hydrogen-bond donors (Lipinski definition) is 3. The van der Waals surface area contributed by atoms with Gasteiger partial charge in [0.15, 0.2) is 5.82 Å². The summed E-state index contributed by atoms with van der Waals surface area (Å²) in [6.45, 7) is 2.87. The van der Waals surface area contributed by atoms with Gasteiger partial charge >= 0.3 is 0 Å². The van der Waals surface area contributed by atoms with Gasteiger partial charge in [0.2, 0.25) is 5.95 Å². The minimum Gasteiger partial charge on any atom is -0.386 e. The van der Waals surface area contributed by atoms with Gasteiger partial charge in [-0.1, -0.05) is 30.3 Å². The van der Waals surface area contributed by atoms with Crippen molar-refractivity contribution >= 4 is 28.5 Å². The van der Waals surface area contributed by atoms with E-state index in [1.165, 1.54) is 5.56 Å². The van der Waals surface area contributed by atoms with E-state index in [1.807, 2.05) is 42.7 Å². The minimum atomic E-state index is -0.757. The van der Waals surface area contributed by atoms with Gasteiger partial charge in [-0.25, -0.2) is 24.6 Å². The molecule has 1 aliphatic carbocycles. The van der Waals surface area contributed by atoms with Gasteiger partial charge < -0.3 is 20.6 Å². The number of benzene rings is 1. The number of piperidine rings is 1. The van der Waals surface area contributed by atoms with E-state index in [1.54, 1.807) is 17.2 Å². The van der Waals surface area contributed by atoms with Gasteiger partial charge in [-0.3, -0.25) is 4.98 Å². The van der Waals surface area contributed by atoms with E-state index < -0.39 is 5.60 Å². The molecule has 11 heteroatoms. The third-order valence-corrected chi connectivity index (χ3v) is 8.70. The zero-order valence-corrected chi connectivity index (χ0v) is 23.2. The number of nitrogens with one attached hydrogen (secondary N) is 2. The van der Waals surface area contributed by atoms with Crippen LogP contribution in [0.5, 0.6) is 0 Å². The second-order valence-corrected chi connectivity index (χ2v) is 11.6. The third kappa shape index (κ3) is 4.64. The molecule has 3 fully saturated rings. The molecule has 0 spiro atoms. The van der Waals surface area contributed by atoms with E-state index in [9.17, 15) is 5.11 Å². The molecule has 8 rings (SSSR count). The first-order valence-corrected chi connectivity index (χ1v) is 14.7. The first kappa shape index (κ1) is 25.2. The van der Waals surface area contributed by atoms with Crippen LogP contribution in [-0.4, -0.2) is 71.1 Å².